The van der Waals surface area contributed by atoms with Gasteiger partial charge in [-0.05, 0) is 60.4 Å². The Morgan fingerprint density at radius 3 is 2.68 bits per heavy atom. The van der Waals surface area contributed by atoms with Gasteiger partial charge in [0.25, 0.3) is 0 Å². The van der Waals surface area contributed by atoms with E-state index in [9.17, 15) is 9.90 Å². The van der Waals surface area contributed by atoms with Crippen LogP contribution in [-0.2, 0) is 13.0 Å². The fraction of sp³-hybridized carbons (Fsp3) is 0.208. The molecule has 0 fully saturated rings. The highest BCUT2D eigenvalue weighted by atomic mass is 16.5. The summed E-state index contributed by atoms with van der Waals surface area (Å²) in [4.78, 5) is 11.6. The summed E-state index contributed by atoms with van der Waals surface area (Å²) >= 11 is 0. The van der Waals surface area contributed by atoms with Gasteiger partial charge in [0.15, 0.2) is 0 Å². The second kappa shape index (κ2) is 7.39. The molecule has 0 unspecified atom stereocenters. The van der Waals surface area contributed by atoms with Crippen molar-refractivity contribution in [2.24, 2.45) is 0 Å². The van der Waals surface area contributed by atoms with Crippen LogP contribution in [0.5, 0.6) is 11.5 Å². The number of ether oxygens (including phenoxy) is 2. The zero-order chi connectivity index (χ0) is 19.7. The Morgan fingerprint density at radius 1 is 1.14 bits per heavy atom. The average Bonchev–Trinajstić information content (AvgIpc) is 2.82. The normalized spacial score (nSPS) is 15.0. The Morgan fingerprint density at radius 2 is 1.93 bits per heavy atom. The van der Waals surface area contributed by atoms with Crippen molar-refractivity contribution in [3.8, 4) is 22.6 Å². The van der Waals surface area contributed by atoms with Crippen molar-refractivity contribution >= 4 is 5.97 Å². The van der Waals surface area contributed by atoms with E-state index in [1.165, 1.54) is 0 Å². The molecule has 142 valence electrons. The van der Waals surface area contributed by atoms with Crippen LogP contribution >= 0.6 is 0 Å². The van der Waals surface area contributed by atoms with E-state index in [-0.39, 0.29) is 6.10 Å². The van der Waals surface area contributed by atoms with Crippen LogP contribution in [0.15, 0.2) is 60.7 Å². The molecule has 0 saturated carbocycles. The second-order valence-electron chi connectivity index (χ2n) is 7.14. The summed E-state index contributed by atoms with van der Waals surface area (Å²) in [5.41, 5.74) is 5.09. The predicted molar refractivity (Wildman–Crippen MR) is 108 cm³/mol. The van der Waals surface area contributed by atoms with Gasteiger partial charge in [0, 0.05) is 12.0 Å². The van der Waals surface area contributed by atoms with E-state index in [0.717, 1.165) is 45.7 Å². The van der Waals surface area contributed by atoms with Crippen molar-refractivity contribution in [2.75, 3.05) is 0 Å². The van der Waals surface area contributed by atoms with Gasteiger partial charge >= 0.3 is 5.97 Å². The van der Waals surface area contributed by atoms with Gasteiger partial charge in [-0.25, -0.2) is 4.79 Å². The van der Waals surface area contributed by atoms with E-state index in [0.29, 0.717) is 12.2 Å². The first kappa shape index (κ1) is 18.1. The molecule has 0 bridgehead atoms. The van der Waals surface area contributed by atoms with Gasteiger partial charge in [0.05, 0.1) is 11.7 Å². The highest BCUT2D eigenvalue weighted by molar-refractivity contribution is 5.94. The monoisotopic (exact) mass is 374 g/mol. The smallest absolute Gasteiger partial charge is 0.335 e. The summed E-state index contributed by atoms with van der Waals surface area (Å²) in [7, 11) is 0. The highest BCUT2D eigenvalue weighted by Crippen LogP contribution is 2.41. The fourth-order valence-electron chi connectivity index (χ4n) is 3.73. The first-order chi connectivity index (χ1) is 13.5. The summed E-state index contributed by atoms with van der Waals surface area (Å²) in [6.07, 6.45) is 0.716. The molecule has 4 rings (SSSR count). The van der Waals surface area contributed by atoms with Gasteiger partial charge in [-0.3, -0.25) is 0 Å². The van der Waals surface area contributed by atoms with E-state index in [1.807, 2.05) is 62.4 Å². The average molecular weight is 374 g/mol. The minimum atomic E-state index is -0.929. The van der Waals surface area contributed by atoms with Gasteiger partial charge in [-0.2, -0.15) is 0 Å². The SMILES string of the molecule is Cc1c(C(=O)O)ccc2c1-c1ccc(OCc3ccccc3)cc1C[C@@H](C)O2. The molecule has 0 aliphatic carbocycles. The third-order valence-electron chi connectivity index (χ3n) is 5.09. The van der Waals surface area contributed by atoms with Crippen molar-refractivity contribution in [3.63, 3.8) is 0 Å². The highest BCUT2D eigenvalue weighted by Gasteiger charge is 2.24. The van der Waals surface area contributed by atoms with Gasteiger partial charge in [-0.15, -0.1) is 0 Å². The lowest BCUT2D eigenvalue weighted by Crippen LogP contribution is -2.13. The Kier molecular flexibility index (Phi) is 4.78. The lowest BCUT2D eigenvalue weighted by Gasteiger charge is -2.15. The van der Waals surface area contributed by atoms with E-state index in [1.54, 1.807) is 12.1 Å². The standard InChI is InChI=1S/C24H22O4/c1-15-12-18-13-19(27-14-17-6-4-3-5-7-17)8-9-21(18)23-16(2)20(24(25)26)10-11-22(23)28-15/h3-11,13,15H,12,14H2,1-2H3,(H,25,26)/t15-/m1/s1. The van der Waals surface area contributed by atoms with Crippen LogP contribution in [0.25, 0.3) is 11.1 Å². The molecule has 4 nitrogen and oxygen atoms in total. The van der Waals surface area contributed by atoms with Crippen LogP contribution in [-0.4, -0.2) is 17.2 Å². The molecule has 3 aromatic rings. The molecule has 1 aliphatic heterocycles. The number of carboxylic acids is 1. The van der Waals surface area contributed by atoms with Crippen molar-refractivity contribution in [2.45, 2.75) is 33.0 Å². The summed E-state index contributed by atoms with van der Waals surface area (Å²) < 4.78 is 12.1. The number of carbonyl (C=O) groups is 1. The van der Waals surface area contributed by atoms with E-state index in [2.05, 4.69) is 0 Å². The number of rotatable bonds is 4. The van der Waals surface area contributed by atoms with Crippen molar-refractivity contribution < 1.29 is 19.4 Å². The zero-order valence-electron chi connectivity index (χ0n) is 15.9. The van der Waals surface area contributed by atoms with Gasteiger partial charge in [-0.1, -0.05) is 36.4 Å². The van der Waals surface area contributed by atoms with Crippen molar-refractivity contribution in [3.05, 3.63) is 82.9 Å². The molecule has 0 aromatic heterocycles. The molecule has 4 heteroatoms. The summed E-state index contributed by atoms with van der Waals surface area (Å²) in [5.74, 6) is 0.596. The van der Waals surface area contributed by atoms with Crippen LogP contribution in [0.2, 0.25) is 0 Å². The summed E-state index contributed by atoms with van der Waals surface area (Å²) in [5, 5.41) is 9.50. The molecule has 1 N–H and O–H groups in total. The Labute approximate surface area is 164 Å². The Hall–Kier alpha value is -3.27. The minimum Gasteiger partial charge on any atom is -0.490 e. The first-order valence-electron chi connectivity index (χ1n) is 9.36. The van der Waals surface area contributed by atoms with Crippen LogP contribution < -0.4 is 9.47 Å². The van der Waals surface area contributed by atoms with E-state index in [4.69, 9.17) is 9.47 Å². The summed E-state index contributed by atoms with van der Waals surface area (Å²) in [6.45, 7) is 4.37. The second-order valence-corrected chi connectivity index (χ2v) is 7.14. The third kappa shape index (κ3) is 3.46. The van der Waals surface area contributed by atoms with Gasteiger partial charge < -0.3 is 14.6 Å². The van der Waals surface area contributed by atoms with Crippen LogP contribution in [0.4, 0.5) is 0 Å². The van der Waals surface area contributed by atoms with E-state index >= 15 is 0 Å². The number of hydrogen-bond donors (Lipinski definition) is 1. The number of carboxylic acid groups (broad SMARTS) is 1. The van der Waals surface area contributed by atoms with Crippen molar-refractivity contribution in [1.82, 2.24) is 0 Å². The molecule has 1 heterocycles. The van der Waals surface area contributed by atoms with Crippen molar-refractivity contribution in [1.29, 1.82) is 0 Å². The van der Waals surface area contributed by atoms with Gasteiger partial charge in [0.2, 0.25) is 0 Å². The van der Waals surface area contributed by atoms with Crippen LogP contribution in [0, 0.1) is 6.92 Å². The Bertz CT molecular complexity index is 1020. The number of benzene rings is 3. The molecule has 0 spiro atoms. The summed E-state index contributed by atoms with van der Waals surface area (Å²) in [6, 6.07) is 19.4. The molecule has 0 radical (unpaired) electrons. The number of hydrogen-bond acceptors (Lipinski definition) is 3. The lowest BCUT2D eigenvalue weighted by molar-refractivity contribution is 0.0696. The third-order valence-corrected chi connectivity index (χ3v) is 5.09. The predicted octanol–water partition coefficient (Wildman–Crippen LogP) is 5.26. The molecule has 0 saturated heterocycles. The maximum atomic E-state index is 11.6. The maximum absolute atomic E-state index is 11.6. The van der Waals surface area contributed by atoms with Gasteiger partial charge in [0.1, 0.15) is 18.1 Å². The lowest BCUT2D eigenvalue weighted by atomic mass is 9.91. The number of fused-ring (bicyclic) bond motifs is 3. The zero-order valence-corrected chi connectivity index (χ0v) is 15.9. The van der Waals surface area contributed by atoms with Crippen LogP contribution in [0.3, 0.4) is 0 Å². The molecule has 28 heavy (non-hydrogen) atoms. The maximum Gasteiger partial charge on any atom is 0.335 e. The van der Waals surface area contributed by atoms with E-state index < -0.39 is 5.97 Å². The number of aromatic carboxylic acids is 1. The quantitative estimate of drug-likeness (QED) is 0.676. The Balaban J connectivity index is 1.73. The molecule has 0 amide bonds. The minimum absolute atomic E-state index is 0.0144. The largest absolute Gasteiger partial charge is 0.490 e. The molecule has 1 aliphatic rings. The molecule has 1 atom stereocenters. The first-order valence-corrected chi connectivity index (χ1v) is 9.36. The molecule has 3 aromatic carbocycles. The molecular formula is C24H22O4. The molecular weight excluding hydrogens is 352 g/mol. The van der Waals surface area contributed by atoms with Crippen LogP contribution in [0.1, 0.15) is 34.0 Å². The topological polar surface area (TPSA) is 55.8 Å². The fourth-order valence-corrected chi connectivity index (χ4v) is 3.73.